The van der Waals surface area contributed by atoms with E-state index in [9.17, 15) is 0 Å². The molecule has 0 radical (unpaired) electrons. The smallest absolute Gasteiger partial charge is 0.0462 e. The molecule has 2 unspecified atom stereocenters. The van der Waals surface area contributed by atoms with Gasteiger partial charge in [-0.25, -0.2) is 0 Å². The molecule has 2 rings (SSSR count). The van der Waals surface area contributed by atoms with Crippen LogP contribution in [0.1, 0.15) is 12.0 Å². The van der Waals surface area contributed by atoms with Crippen molar-refractivity contribution in [3.8, 4) is 0 Å². The Hall–Kier alpha value is -0.340. The van der Waals surface area contributed by atoms with E-state index in [2.05, 4.69) is 40.2 Å². The Morgan fingerprint density at radius 1 is 1.23 bits per heavy atom. The van der Waals surface area contributed by atoms with Gasteiger partial charge in [0.15, 0.2) is 0 Å². The van der Waals surface area contributed by atoms with Crippen LogP contribution in [0.4, 0.5) is 0 Å². The Morgan fingerprint density at radius 2 is 1.92 bits per heavy atom. The summed E-state index contributed by atoms with van der Waals surface area (Å²) >= 11 is 3.41. The quantitative estimate of drug-likeness (QED) is 0.862. The molecule has 1 fully saturated rings. The third-order valence-corrected chi connectivity index (χ3v) is 3.24. The van der Waals surface area contributed by atoms with Crippen LogP contribution in [0.25, 0.3) is 0 Å². The van der Waals surface area contributed by atoms with Gasteiger partial charge >= 0.3 is 0 Å². The van der Waals surface area contributed by atoms with Gasteiger partial charge in [-0.3, -0.25) is 0 Å². The van der Waals surface area contributed by atoms with E-state index >= 15 is 0 Å². The third kappa shape index (κ3) is 2.32. The first-order chi connectivity index (χ1) is 6.29. The Balaban J connectivity index is 1.92. The second-order valence-electron chi connectivity index (χ2n) is 3.77. The molecule has 0 spiro atoms. The van der Waals surface area contributed by atoms with Gasteiger partial charge in [-0.2, -0.15) is 0 Å². The van der Waals surface area contributed by atoms with Crippen LogP contribution in [0.5, 0.6) is 0 Å². The topological polar surface area (TPSA) is 20.2 Å². The summed E-state index contributed by atoms with van der Waals surface area (Å²) in [6, 6.07) is 8.45. The summed E-state index contributed by atoms with van der Waals surface area (Å²) in [5, 5.41) is 8.89. The summed E-state index contributed by atoms with van der Waals surface area (Å²) in [4.78, 5) is 0. The number of aliphatic hydroxyl groups is 1. The van der Waals surface area contributed by atoms with Crippen LogP contribution in [0.15, 0.2) is 28.7 Å². The van der Waals surface area contributed by atoms with Crippen LogP contribution in [-0.4, -0.2) is 11.7 Å². The zero-order chi connectivity index (χ0) is 9.26. The lowest BCUT2D eigenvalue weighted by molar-refractivity contribution is 0.268. The van der Waals surface area contributed by atoms with E-state index in [1.54, 1.807) is 0 Å². The predicted octanol–water partition coefficient (Wildman–Crippen LogP) is 2.62. The van der Waals surface area contributed by atoms with Crippen LogP contribution in [0, 0.1) is 11.8 Å². The van der Waals surface area contributed by atoms with E-state index in [1.165, 1.54) is 12.0 Å². The van der Waals surface area contributed by atoms with E-state index in [-0.39, 0.29) is 0 Å². The van der Waals surface area contributed by atoms with E-state index in [4.69, 9.17) is 5.11 Å². The fourth-order valence-electron chi connectivity index (χ4n) is 1.71. The highest BCUT2D eigenvalue weighted by molar-refractivity contribution is 9.10. The van der Waals surface area contributed by atoms with Crippen molar-refractivity contribution >= 4 is 15.9 Å². The summed E-state index contributed by atoms with van der Waals surface area (Å²) in [6.07, 6.45) is 2.32. The van der Waals surface area contributed by atoms with Crippen LogP contribution < -0.4 is 0 Å². The molecule has 70 valence electrons. The lowest BCUT2D eigenvalue weighted by atomic mass is 10.1. The Labute approximate surface area is 86.9 Å². The number of halogens is 1. The fourth-order valence-corrected chi connectivity index (χ4v) is 1.97. The van der Waals surface area contributed by atoms with Gasteiger partial charge in [0, 0.05) is 11.1 Å². The molecule has 13 heavy (non-hydrogen) atoms. The highest BCUT2D eigenvalue weighted by Crippen LogP contribution is 2.40. The maximum atomic E-state index is 8.89. The van der Waals surface area contributed by atoms with Gasteiger partial charge in [0.05, 0.1) is 0 Å². The minimum Gasteiger partial charge on any atom is -0.396 e. The summed E-state index contributed by atoms with van der Waals surface area (Å²) in [6.45, 7) is 0.362. The SMILES string of the molecule is OCC1CC1Cc1ccc(Br)cc1. The Bertz CT molecular complexity index is 281. The Morgan fingerprint density at radius 3 is 2.46 bits per heavy atom. The number of benzene rings is 1. The maximum Gasteiger partial charge on any atom is 0.0462 e. The monoisotopic (exact) mass is 240 g/mol. The van der Waals surface area contributed by atoms with Gasteiger partial charge < -0.3 is 5.11 Å². The zero-order valence-electron chi connectivity index (χ0n) is 7.41. The van der Waals surface area contributed by atoms with E-state index in [0.717, 1.165) is 16.8 Å². The molecule has 1 aliphatic carbocycles. The molecule has 1 N–H and O–H groups in total. The van der Waals surface area contributed by atoms with Crippen molar-refractivity contribution in [2.75, 3.05) is 6.61 Å². The zero-order valence-corrected chi connectivity index (χ0v) is 9.00. The number of hydrogen-bond donors (Lipinski definition) is 1. The second-order valence-corrected chi connectivity index (χ2v) is 4.68. The molecule has 0 amide bonds. The number of hydrogen-bond acceptors (Lipinski definition) is 1. The van der Waals surface area contributed by atoms with Crippen LogP contribution in [0.3, 0.4) is 0 Å². The van der Waals surface area contributed by atoms with Crippen molar-refractivity contribution in [1.82, 2.24) is 0 Å². The lowest BCUT2D eigenvalue weighted by Crippen LogP contribution is -1.92. The first-order valence-electron chi connectivity index (χ1n) is 4.65. The molecule has 2 heteroatoms. The van der Waals surface area contributed by atoms with Crippen molar-refractivity contribution in [3.05, 3.63) is 34.3 Å². The predicted molar refractivity (Wildman–Crippen MR) is 56.5 cm³/mol. The van der Waals surface area contributed by atoms with Crippen molar-refractivity contribution in [3.63, 3.8) is 0 Å². The molecule has 1 aromatic carbocycles. The average molecular weight is 241 g/mol. The average Bonchev–Trinajstić information content (AvgIpc) is 2.88. The molecular weight excluding hydrogens is 228 g/mol. The molecule has 1 aliphatic rings. The molecule has 1 nitrogen and oxygen atoms in total. The highest BCUT2D eigenvalue weighted by Gasteiger charge is 2.35. The summed E-state index contributed by atoms with van der Waals surface area (Å²) in [7, 11) is 0. The molecule has 0 aliphatic heterocycles. The van der Waals surface area contributed by atoms with Crippen molar-refractivity contribution in [2.24, 2.45) is 11.8 Å². The lowest BCUT2D eigenvalue weighted by Gasteiger charge is -1.99. The van der Waals surface area contributed by atoms with Gasteiger partial charge in [0.25, 0.3) is 0 Å². The first-order valence-corrected chi connectivity index (χ1v) is 5.44. The van der Waals surface area contributed by atoms with E-state index < -0.39 is 0 Å². The first kappa shape index (κ1) is 9.22. The molecule has 0 bridgehead atoms. The van der Waals surface area contributed by atoms with Gasteiger partial charge in [0.1, 0.15) is 0 Å². The third-order valence-electron chi connectivity index (χ3n) is 2.71. The molecule has 1 aromatic rings. The molecular formula is C11H13BrO. The Kier molecular flexibility index (Phi) is 2.70. The van der Waals surface area contributed by atoms with Crippen molar-refractivity contribution < 1.29 is 5.11 Å². The molecule has 1 saturated carbocycles. The van der Waals surface area contributed by atoms with Crippen LogP contribution >= 0.6 is 15.9 Å². The van der Waals surface area contributed by atoms with Gasteiger partial charge in [-0.15, -0.1) is 0 Å². The van der Waals surface area contributed by atoms with Crippen molar-refractivity contribution in [2.45, 2.75) is 12.8 Å². The van der Waals surface area contributed by atoms with Gasteiger partial charge in [0.2, 0.25) is 0 Å². The summed E-state index contributed by atoms with van der Waals surface area (Å²) < 4.78 is 1.13. The maximum absolute atomic E-state index is 8.89. The van der Waals surface area contributed by atoms with Crippen LogP contribution in [-0.2, 0) is 6.42 Å². The normalized spacial score (nSPS) is 26.0. The van der Waals surface area contributed by atoms with Crippen molar-refractivity contribution in [1.29, 1.82) is 0 Å². The molecule has 0 saturated heterocycles. The van der Waals surface area contributed by atoms with Crippen LogP contribution in [0.2, 0.25) is 0 Å². The van der Waals surface area contributed by atoms with Gasteiger partial charge in [-0.1, -0.05) is 28.1 Å². The van der Waals surface area contributed by atoms with E-state index in [0.29, 0.717) is 12.5 Å². The minimum atomic E-state index is 0.362. The summed E-state index contributed by atoms with van der Waals surface area (Å²) in [5.41, 5.74) is 1.38. The number of rotatable bonds is 3. The molecule has 2 atom stereocenters. The fraction of sp³-hybridized carbons (Fsp3) is 0.455. The second kappa shape index (κ2) is 3.81. The number of aliphatic hydroxyl groups excluding tert-OH is 1. The highest BCUT2D eigenvalue weighted by atomic mass is 79.9. The molecule has 0 heterocycles. The molecule has 0 aromatic heterocycles. The summed E-state index contributed by atoms with van der Waals surface area (Å²) in [5.74, 6) is 1.30. The minimum absolute atomic E-state index is 0.362. The standard InChI is InChI=1S/C11H13BrO/c12-11-3-1-8(2-4-11)5-9-6-10(9)7-13/h1-4,9-10,13H,5-7H2. The van der Waals surface area contributed by atoms with E-state index in [1.807, 2.05) is 0 Å². The largest absolute Gasteiger partial charge is 0.396 e. The van der Waals surface area contributed by atoms with Gasteiger partial charge in [-0.05, 0) is 42.4 Å².